The molecule has 0 amide bonds. The number of hydrogen-bond donors (Lipinski definition) is 2. The Hall–Kier alpha value is -1.51. The van der Waals surface area contributed by atoms with E-state index in [1.165, 1.54) is 25.7 Å². The molecule has 0 spiro atoms. The van der Waals surface area contributed by atoms with Crippen LogP contribution in [-0.2, 0) is 0 Å². The van der Waals surface area contributed by atoms with Gasteiger partial charge < -0.3 is 11.1 Å². The molecule has 2 rings (SSSR count). The Kier molecular flexibility index (Phi) is 3.13. The molecule has 0 saturated heterocycles. The Morgan fingerprint density at radius 3 is 2.69 bits per heavy atom. The van der Waals surface area contributed by atoms with Crippen molar-refractivity contribution in [2.75, 3.05) is 11.1 Å². The van der Waals surface area contributed by atoms with Crippen LogP contribution in [0.15, 0.2) is 18.2 Å². The van der Waals surface area contributed by atoms with Gasteiger partial charge in [-0.3, -0.25) is 4.79 Å². The fourth-order valence-corrected chi connectivity index (χ4v) is 2.26. The first kappa shape index (κ1) is 11.0. The van der Waals surface area contributed by atoms with Crippen LogP contribution in [0.2, 0.25) is 0 Å². The van der Waals surface area contributed by atoms with E-state index in [0.717, 1.165) is 5.69 Å². The lowest BCUT2D eigenvalue weighted by Gasteiger charge is -2.14. The second-order valence-electron chi connectivity index (χ2n) is 4.48. The van der Waals surface area contributed by atoms with Crippen molar-refractivity contribution in [3.63, 3.8) is 0 Å². The summed E-state index contributed by atoms with van der Waals surface area (Å²) in [5.74, 6) is 0.0209. The van der Waals surface area contributed by atoms with Gasteiger partial charge in [-0.2, -0.15) is 0 Å². The minimum atomic E-state index is 0.0209. The summed E-state index contributed by atoms with van der Waals surface area (Å²) in [4.78, 5) is 11.3. The van der Waals surface area contributed by atoms with Crippen LogP contribution in [-0.4, -0.2) is 11.8 Å². The van der Waals surface area contributed by atoms with Crippen molar-refractivity contribution in [2.45, 2.75) is 38.6 Å². The van der Waals surface area contributed by atoms with Gasteiger partial charge in [-0.15, -0.1) is 0 Å². The molecule has 0 radical (unpaired) electrons. The Labute approximate surface area is 96.0 Å². The average Bonchev–Trinajstić information content (AvgIpc) is 2.73. The number of Topliss-reactive ketones (excluding diaryl/α,β-unsaturated/α-hetero) is 1. The van der Waals surface area contributed by atoms with Crippen molar-refractivity contribution >= 4 is 17.2 Å². The lowest BCUT2D eigenvalue weighted by atomic mass is 10.1. The van der Waals surface area contributed by atoms with Gasteiger partial charge in [-0.25, -0.2) is 0 Å². The number of ketones is 1. The molecule has 0 aliphatic heterocycles. The standard InChI is InChI=1S/C13H18N2O/c1-9(16)12-8-11(6-7-13(12)14)15-10-4-2-3-5-10/h6-8,10,15H,2-5,14H2,1H3. The molecule has 1 aliphatic rings. The maximum atomic E-state index is 11.3. The molecule has 1 aromatic carbocycles. The summed E-state index contributed by atoms with van der Waals surface area (Å²) in [5, 5.41) is 3.46. The van der Waals surface area contributed by atoms with E-state index < -0.39 is 0 Å². The van der Waals surface area contributed by atoms with E-state index in [1.54, 1.807) is 13.0 Å². The number of rotatable bonds is 3. The fraction of sp³-hybridized carbons (Fsp3) is 0.462. The zero-order chi connectivity index (χ0) is 11.5. The lowest BCUT2D eigenvalue weighted by molar-refractivity contribution is 0.101. The maximum Gasteiger partial charge on any atom is 0.161 e. The Bertz CT molecular complexity index is 395. The van der Waals surface area contributed by atoms with E-state index in [0.29, 0.717) is 17.3 Å². The number of nitrogens with two attached hydrogens (primary N) is 1. The predicted molar refractivity (Wildman–Crippen MR) is 66.7 cm³/mol. The molecule has 0 unspecified atom stereocenters. The average molecular weight is 218 g/mol. The topological polar surface area (TPSA) is 55.1 Å². The molecule has 1 saturated carbocycles. The van der Waals surface area contributed by atoms with Gasteiger partial charge in [0.1, 0.15) is 0 Å². The van der Waals surface area contributed by atoms with Crippen LogP contribution < -0.4 is 11.1 Å². The second kappa shape index (κ2) is 4.56. The molecule has 1 aromatic rings. The Morgan fingerprint density at radius 1 is 1.38 bits per heavy atom. The number of anilines is 2. The van der Waals surface area contributed by atoms with Crippen molar-refractivity contribution in [1.82, 2.24) is 0 Å². The van der Waals surface area contributed by atoms with E-state index in [2.05, 4.69) is 5.32 Å². The molecular weight excluding hydrogens is 200 g/mol. The number of nitrogens with one attached hydrogen (secondary N) is 1. The van der Waals surface area contributed by atoms with Crippen molar-refractivity contribution in [1.29, 1.82) is 0 Å². The minimum absolute atomic E-state index is 0.0209. The summed E-state index contributed by atoms with van der Waals surface area (Å²) in [6.07, 6.45) is 5.04. The van der Waals surface area contributed by atoms with E-state index in [4.69, 9.17) is 5.73 Å². The highest BCUT2D eigenvalue weighted by molar-refractivity contribution is 6.00. The third-order valence-electron chi connectivity index (χ3n) is 3.16. The first-order valence-corrected chi connectivity index (χ1v) is 5.84. The van der Waals surface area contributed by atoms with Gasteiger partial charge in [0.15, 0.2) is 5.78 Å². The van der Waals surface area contributed by atoms with E-state index in [9.17, 15) is 4.79 Å². The van der Waals surface area contributed by atoms with Crippen LogP contribution in [0.1, 0.15) is 43.0 Å². The Balaban J connectivity index is 2.15. The van der Waals surface area contributed by atoms with Crippen molar-refractivity contribution in [3.05, 3.63) is 23.8 Å². The predicted octanol–water partition coefficient (Wildman–Crippen LogP) is 2.83. The first-order chi connectivity index (χ1) is 7.66. The molecule has 0 heterocycles. The largest absolute Gasteiger partial charge is 0.398 e. The van der Waals surface area contributed by atoms with Crippen molar-refractivity contribution in [2.24, 2.45) is 0 Å². The van der Waals surface area contributed by atoms with Gasteiger partial charge in [0.2, 0.25) is 0 Å². The van der Waals surface area contributed by atoms with Gasteiger partial charge in [-0.1, -0.05) is 12.8 Å². The van der Waals surface area contributed by atoms with Crippen LogP contribution in [0.4, 0.5) is 11.4 Å². The van der Waals surface area contributed by atoms with Crippen molar-refractivity contribution < 1.29 is 4.79 Å². The molecule has 16 heavy (non-hydrogen) atoms. The zero-order valence-electron chi connectivity index (χ0n) is 9.62. The van der Waals surface area contributed by atoms with E-state index in [-0.39, 0.29) is 5.78 Å². The third-order valence-corrected chi connectivity index (χ3v) is 3.16. The first-order valence-electron chi connectivity index (χ1n) is 5.84. The highest BCUT2D eigenvalue weighted by atomic mass is 16.1. The van der Waals surface area contributed by atoms with Crippen LogP contribution in [0.3, 0.4) is 0 Å². The molecule has 3 N–H and O–H groups in total. The molecule has 1 fully saturated rings. The molecular formula is C13H18N2O. The van der Waals surface area contributed by atoms with Gasteiger partial charge in [0, 0.05) is 23.0 Å². The molecule has 3 heteroatoms. The maximum absolute atomic E-state index is 11.3. The number of benzene rings is 1. The molecule has 0 atom stereocenters. The quantitative estimate of drug-likeness (QED) is 0.606. The summed E-state index contributed by atoms with van der Waals surface area (Å²) < 4.78 is 0. The third kappa shape index (κ3) is 2.35. The molecule has 0 aromatic heterocycles. The second-order valence-corrected chi connectivity index (χ2v) is 4.48. The van der Waals surface area contributed by atoms with Crippen LogP contribution >= 0.6 is 0 Å². The number of nitrogen functional groups attached to an aromatic ring is 1. The van der Waals surface area contributed by atoms with E-state index in [1.807, 2.05) is 12.1 Å². The summed E-state index contributed by atoms with van der Waals surface area (Å²) >= 11 is 0. The van der Waals surface area contributed by atoms with E-state index >= 15 is 0 Å². The zero-order valence-corrected chi connectivity index (χ0v) is 9.62. The van der Waals surface area contributed by atoms with Gasteiger partial charge in [-0.05, 0) is 38.0 Å². The van der Waals surface area contributed by atoms with Crippen LogP contribution in [0.25, 0.3) is 0 Å². The fourth-order valence-electron chi connectivity index (χ4n) is 2.26. The highest BCUT2D eigenvalue weighted by Gasteiger charge is 2.15. The van der Waals surface area contributed by atoms with Crippen molar-refractivity contribution in [3.8, 4) is 0 Å². The summed E-state index contributed by atoms with van der Waals surface area (Å²) in [7, 11) is 0. The molecule has 0 bridgehead atoms. The minimum Gasteiger partial charge on any atom is -0.398 e. The molecule has 1 aliphatic carbocycles. The summed E-state index contributed by atoms with van der Waals surface area (Å²) in [6.45, 7) is 1.55. The van der Waals surface area contributed by atoms with Gasteiger partial charge >= 0.3 is 0 Å². The van der Waals surface area contributed by atoms with Crippen LogP contribution in [0.5, 0.6) is 0 Å². The smallest absolute Gasteiger partial charge is 0.161 e. The number of carbonyl (C=O) groups excluding carboxylic acids is 1. The monoisotopic (exact) mass is 218 g/mol. The molecule has 3 nitrogen and oxygen atoms in total. The molecule has 86 valence electrons. The summed E-state index contributed by atoms with van der Waals surface area (Å²) in [5.41, 5.74) is 7.93. The van der Waals surface area contributed by atoms with Gasteiger partial charge in [0.25, 0.3) is 0 Å². The van der Waals surface area contributed by atoms with Gasteiger partial charge in [0.05, 0.1) is 0 Å². The summed E-state index contributed by atoms with van der Waals surface area (Å²) in [6, 6.07) is 6.16. The normalized spacial score (nSPS) is 16.3. The Morgan fingerprint density at radius 2 is 2.06 bits per heavy atom. The highest BCUT2D eigenvalue weighted by Crippen LogP contribution is 2.24. The SMILES string of the molecule is CC(=O)c1cc(NC2CCCC2)ccc1N. The lowest BCUT2D eigenvalue weighted by Crippen LogP contribution is -2.15. The van der Waals surface area contributed by atoms with Crippen LogP contribution in [0, 0.1) is 0 Å². The number of carbonyl (C=O) groups is 1. The number of hydrogen-bond acceptors (Lipinski definition) is 3.